The molecule has 1 atom stereocenters. The number of para-hydroxylation sites is 1. The van der Waals surface area contributed by atoms with Gasteiger partial charge in [0.15, 0.2) is 0 Å². The van der Waals surface area contributed by atoms with Crippen molar-refractivity contribution in [1.29, 1.82) is 0 Å². The molecule has 0 radical (unpaired) electrons. The Balaban J connectivity index is 0. The molecule has 0 bridgehead atoms. The van der Waals surface area contributed by atoms with Crippen LogP contribution in [0.2, 0.25) is 0 Å². The number of hydrogen-bond acceptors (Lipinski definition) is 7. The van der Waals surface area contributed by atoms with Gasteiger partial charge in [-0.05, 0) is 18.6 Å². The predicted molar refractivity (Wildman–Crippen MR) is 69.3 cm³/mol. The summed E-state index contributed by atoms with van der Waals surface area (Å²) in [6.07, 6.45) is -0.327. The van der Waals surface area contributed by atoms with Crippen LogP contribution in [-0.4, -0.2) is 41.3 Å². The van der Waals surface area contributed by atoms with Crippen molar-refractivity contribution >= 4 is 17.9 Å². The maximum atomic E-state index is 10.9. The molecule has 9 heteroatoms. The fourth-order valence-electron chi connectivity index (χ4n) is 1.15. The molecule has 0 aliphatic carbocycles. The summed E-state index contributed by atoms with van der Waals surface area (Å²) < 4.78 is 4.42. The number of aromatic hydroxyl groups is 1. The SMILES string of the molecule is COC(=O)c1ccccc1O.N[C@@H](CCC(=O)O)C(=O)[O-].[Na+]. The Morgan fingerprint density at radius 3 is 2.27 bits per heavy atom. The zero-order chi connectivity index (χ0) is 16.4. The number of carboxylic acid groups (broad SMARTS) is 2. The van der Waals surface area contributed by atoms with Crippen LogP contribution in [0.5, 0.6) is 5.75 Å². The third-order valence-corrected chi connectivity index (χ3v) is 2.28. The number of benzene rings is 1. The molecule has 0 saturated heterocycles. The smallest absolute Gasteiger partial charge is 0.548 e. The maximum absolute atomic E-state index is 10.9. The first-order valence-electron chi connectivity index (χ1n) is 5.84. The average Bonchev–Trinajstić information content (AvgIpc) is 2.45. The molecule has 1 rings (SSSR count). The molecule has 116 valence electrons. The van der Waals surface area contributed by atoms with Crippen molar-refractivity contribution in [3.63, 3.8) is 0 Å². The number of aliphatic carboxylic acids is 2. The van der Waals surface area contributed by atoms with Gasteiger partial charge in [-0.2, -0.15) is 0 Å². The Labute approximate surface area is 149 Å². The molecule has 0 heterocycles. The molecule has 0 fully saturated rings. The Bertz CT molecular complexity index is 507. The number of phenols is 1. The van der Waals surface area contributed by atoms with Crippen molar-refractivity contribution in [2.75, 3.05) is 7.11 Å². The molecule has 1 aromatic carbocycles. The van der Waals surface area contributed by atoms with Crippen molar-refractivity contribution in [2.45, 2.75) is 18.9 Å². The van der Waals surface area contributed by atoms with E-state index in [0.29, 0.717) is 0 Å². The van der Waals surface area contributed by atoms with Crippen LogP contribution in [-0.2, 0) is 14.3 Å². The molecule has 8 nitrogen and oxygen atoms in total. The van der Waals surface area contributed by atoms with Gasteiger partial charge in [-0.3, -0.25) is 4.79 Å². The Kier molecular flexibility index (Phi) is 12.4. The molecular weight excluding hydrogens is 305 g/mol. The number of hydrogen-bond donors (Lipinski definition) is 3. The minimum Gasteiger partial charge on any atom is -0.548 e. The second-order valence-electron chi connectivity index (χ2n) is 3.87. The van der Waals surface area contributed by atoms with Gasteiger partial charge in [-0.15, -0.1) is 0 Å². The molecule has 0 spiro atoms. The fourth-order valence-corrected chi connectivity index (χ4v) is 1.15. The summed E-state index contributed by atoms with van der Waals surface area (Å²) in [5.74, 6) is -3.06. The number of rotatable bonds is 5. The van der Waals surface area contributed by atoms with E-state index in [0.717, 1.165) is 0 Å². The Morgan fingerprint density at radius 1 is 1.32 bits per heavy atom. The standard InChI is InChI=1S/C8H8O3.C5H9NO4.Na/c1-11-8(10)6-4-2-3-5-7(6)9;6-3(5(9)10)1-2-4(7)8;/h2-5,9H,1H3;3H,1-2,6H2,(H,7,8)(H,9,10);/q;;+1/p-1/t;3-;/m.0./s1. The van der Waals surface area contributed by atoms with Crippen LogP contribution in [0.3, 0.4) is 0 Å². The van der Waals surface area contributed by atoms with Crippen LogP contribution in [0.1, 0.15) is 23.2 Å². The summed E-state index contributed by atoms with van der Waals surface area (Å²) in [5.41, 5.74) is 5.13. The van der Waals surface area contributed by atoms with Crippen LogP contribution >= 0.6 is 0 Å². The fraction of sp³-hybridized carbons (Fsp3) is 0.308. The van der Waals surface area contributed by atoms with E-state index in [2.05, 4.69) is 4.74 Å². The van der Waals surface area contributed by atoms with E-state index in [1.807, 2.05) is 0 Å². The monoisotopic (exact) mass is 321 g/mol. The zero-order valence-corrected chi connectivity index (χ0v) is 14.3. The van der Waals surface area contributed by atoms with Crippen molar-refractivity contribution in [3.8, 4) is 5.75 Å². The van der Waals surface area contributed by atoms with Gasteiger partial charge in [-0.1, -0.05) is 12.1 Å². The number of carbonyl (C=O) groups excluding carboxylic acids is 2. The average molecular weight is 321 g/mol. The van der Waals surface area contributed by atoms with Crippen LogP contribution in [0.25, 0.3) is 0 Å². The topological polar surface area (TPSA) is 150 Å². The van der Waals surface area contributed by atoms with Gasteiger partial charge in [0.1, 0.15) is 11.3 Å². The molecule has 0 aromatic heterocycles. The largest absolute Gasteiger partial charge is 1.00 e. The summed E-state index contributed by atoms with van der Waals surface area (Å²) in [7, 11) is 1.27. The number of methoxy groups -OCH3 is 1. The van der Waals surface area contributed by atoms with Gasteiger partial charge in [0.05, 0.1) is 13.1 Å². The van der Waals surface area contributed by atoms with Gasteiger partial charge in [-0.25, -0.2) is 4.79 Å². The normalized spacial score (nSPS) is 10.3. The van der Waals surface area contributed by atoms with Crippen molar-refractivity contribution in [1.82, 2.24) is 0 Å². The van der Waals surface area contributed by atoms with Crippen LogP contribution in [0, 0.1) is 0 Å². The Hall–Kier alpha value is -1.61. The molecule has 0 aliphatic heterocycles. The predicted octanol–water partition coefficient (Wildman–Crippen LogP) is -3.89. The molecular formula is C13H16NNaO7. The van der Waals surface area contributed by atoms with E-state index in [-0.39, 0.29) is 53.7 Å². The van der Waals surface area contributed by atoms with Crippen LogP contribution < -0.4 is 40.4 Å². The van der Waals surface area contributed by atoms with E-state index in [9.17, 15) is 19.5 Å². The van der Waals surface area contributed by atoms with Crippen molar-refractivity contribution < 1.29 is 64.0 Å². The summed E-state index contributed by atoms with van der Waals surface area (Å²) in [5, 5.41) is 27.1. The van der Waals surface area contributed by atoms with E-state index >= 15 is 0 Å². The summed E-state index contributed by atoms with van der Waals surface area (Å²) in [6, 6.07) is 5.07. The van der Waals surface area contributed by atoms with E-state index < -0.39 is 23.9 Å². The molecule has 1 aromatic rings. The number of esters is 1. The molecule has 0 aliphatic rings. The number of ether oxygens (including phenoxy) is 1. The quantitative estimate of drug-likeness (QED) is 0.368. The molecule has 4 N–H and O–H groups in total. The molecule has 22 heavy (non-hydrogen) atoms. The van der Waals surface area contributed by atoms with Gasteiger partial charge < -0.3 is 30.6 Å². The zero-order valence-electron chi connectivity index (χ0n) is 12.3. The second kappa shape index (κ2) is 12.0. The first kappa shape index (κ1) is 22.7. The van der Waals surface area contributed by atoms with Crippen LogP contribution in [0.4, 0.5) is 0 Å². The summed E-state index contributed by atoms with van der Waals surface area (Å²) >= 11 is 0. The first-order valence-corrected chi connectivity index (χ1v) is 5.84. The van der Waals surface area contributed by atoms with E-state index in [1.54, 1.807) is 12.1 Å². The second-order valence-corrected chi connectivity index (χ2v) is 3.87. The van der Waals surface area contributed by atoms with Gasteiger partial charge in [0.25, 0.3) is 0 Å². The van der Waals surface area contributed by atoms with Crippen molar-refractivity contribution in [3.05, 3.63) is 29.8 Å². The minimum absolute atomic E-state index is 0. The summed E-state index contributed by atoms with van der Waals surface area (Å²) in [6.45, 7) is 0. The van der Waals surface area contributed by atoms with E-state index in [4.69, 9.17) is 15.9 Å². The maximum Gasteiger partial charge on any atom is 1.00 e. The molecule has 0 saturated carbocycles. The number of carboxylic acids is 2. The number of carbonyl (C=O) groups is 3. The van der Waals surface area contributed by atoms with E-state index in [1.165, 1.54) is 19.2 Å². The molecule has 0 unspecified atom stereocenters. The van der Waals surface area contributed by atoms with Gasteiger partial charge in [0.2, 0.25) is 0 Å². The first-order chi connectivity index (χ1) is 9.79. The number of phenolic OH excluding ortho intramolecular Hbond substituents is 1. The number of nitrogens with two attached hydrogens (primary N) is 1. The van der Waals surface area contributed by atoms with Gasteiger partial charge in [0, 0.05) is 12.5 Å². The van der Waals surface area contributed by atoms with Crippen LogP contribution in [0.15, 0.2) is 24.3 Å². The van der Waals surface area contributed by atoms with Crippen molar-refractivity contribution in [2.24, 2.45) is 5.73 Å². The minimum atomic E-state index is -1.42. The summed E-state index contributed by atoms with van der Waals surface area (Å²) in [4.78, 5) is 30.6. The third kappa shape index (κ3) is 9.35. The third-order valence-electron chi connectivity index (χ3n) is 2.28. The van der Waals surface area contributed by atoms with Gasteiger partial charge >= 0.3 is 41.5 Å². The molecule has 0 amide bonds. The Morgan fingerprint density at radius 2 is 1.86 bits per heavy atom.